The van der Waals surface area contributed by atoms with Gasteiger partial charge in [-0.25, -0.2) is 4.98 Å². The second-order valence-electron chi connectivity index (χ2n) is 5.18. The Bertz CT molecular complexity index is 538. The predicted molar refractivity (Wildman–Crippen MR) is 80.9 cm³/mol. The molecular formula is C15H20N2OS. The van der Waals surface area contributed by atoms with Gasteiger partial charge in [-0.15, -0.1) is 11.3 Å². The Balaban J connectivity index is 1.66. The van der Waals surface area contributed by atoms with Crippen LogP contribution < -0.4 is 5.32 Å². The summed E-state index contributed by atoms with van der Waals surface area (Å²) in [5.41, 5.74) is 4.20. The van der Waals surface area contributed by atoms with Crippen molar-refractivity contribution in [2.24, 2.45) is 0 Å². The van der Waals surface area contributed by atoms with Crippen molar-refractivity contribution in [2.45, 2.75) is 44.8 Å². The maximum Gasteiger partial charge on any atom is 0.0813 e. The largest absolute Gasteiger partial charge is 0.382 e. The van der Waals surface area contributed by atoms with Crippen LogP contribution in [0.4, 0.5) is 5.69 Å². The molecule has 1 saturated heterocycles. The number of anilines is 1. The summed E-state index contributed by atoms with van der Waals surface area (Å²) in [5.74, 6) is 0. The zero-order valence-corrected chi connectivity index (χ0v) is 12.1. The maximum atomic E-state index is 5.80. The van der Waals surface area contributed by atoms with Crippen molar-refractivity contribution >= 4 is 27.2 Å². The Morgan fingerprint density at radius 1 is 1.47 bits per heavy atom. The molecule has 4 heteroatoms. The van der Waals surface area contributed by atoms with Crippen molar-refractivity contribution in [3.8, 4) is 0 Å². The SMILES string of the molecule is CCCC1CC(Nc2ccc3ncsc3c2)CCO1. The average molecular weight is 276 g/mol. The quantitative estimate of drug-likeness (QED) is 0.914. The minimum Gasteiger partial charge on any atom is -0.382 e. The van der Waals surface area contributed by atoms with Crippen LogP contribution >= 0.6 is 11.3 Å². The van der Waals surface area contributed by atoms with E-state index in [1.807, 2.05) is 5.51 Å². The molecule has 2 aromatic rings. The van der Waals surface area contributed by atoms with Crippen molar-refractivity contribution in [1.82, 2.24) is 4.98 Å². The molecule has 19 heavy (non-hydrogen) atoms. The maximum absolute atomic E-state index is 5.80. The summed E-state index contributed by atoms with van der Waals surface area (Å²) in [5, 5.41) is 3.65. The fourth-order valence-corrected chi connectivity index (χ4v) is 3.43. The number of rotatable bonds is 4. The first-order valence-corrected chi connectivity index (χ1v) is 7.94. The lowest BCUT2D eigenvalue weighted by Crippen LogP contribution is -2.33. The van der Waals surface area contributed by atoms with Crippen LogP contribution in [0.15, 0.2) is 23.7 Å². The minimum absolute atomic E-state index is 0.434. The summed E-state index contributed by atoms with van der Waals surface area (Å²) < 4.78 is 7.05. The van der Waals surface area contributed by atoms with E-state index in [4.69, 9.17) is 4.74 Å². The van der Waals surface area contributed by atoms with Gasteiger partial charge in [0, 0.05) is 18.3 Å². The van der Waals surface area contributed by atoms with Gasteiger partial charge in [0.2, 0.25) is 0 Å². The van der Waals surface area contributed by atoms with Gasteiger partial charge in [-0.3, -0.25) is 0 Å². The van der Waals surface area contributed by atoms with E-state index < -0.39 is 0 Å². The fraction of sp³-hybridized carbons (Fsp3) is 0.533. The average Bonchev–Trinajstić information content (AvgIpc) is 2.87. The number of fused-ring (bicyclic) bond motifs is 1. The lowest BCUT2D eigenvalue weighted by Gasteiger charge is -2.30. The summed E-state index contributed by atoms with van der Waals surface area (Å²) in [4.78, 5) is 4.31. The van der Waals surface area contributed by atoms with Gasteiger partial charge in [0.05, 0.1) is 21.8 Å². The second-order valence-corrected chi connectivity index (χ2v) is 6.07. The number of aromatic nitrogens is 1. The molecule has 2 heterocycles. The van der Waals surface area contributed by atoms with Gasteiger partial charge in [0.15, 0.2) is 0 Å². The molecule has 0 aliphatic carbocycles. The smallest absolute Gasteiger partial charge is 0.0813 e. The zero-order valence-electron chi connectivity index (χ0n) is 11.3. The van der Waals surface area contributed by atoms with Crippen molar-refractivity contribution < 1.29 is 4.74 Å². The van der Waals surface area contributed by atoms with Gasteiger partial charge in [-0.1, -0.05) is 13.3 Å². The molecule has 1 fully saturated rings. The van der Waals surface area contributed by atoms with Gasteiger partial charge < -0.3 is 10.1 Å². The van der Waals surface area contributed by atoms with Crippen LogP contribution in [0.2, 0.25) is 0 Å². The van der Waals surface area contributed by atoms with Crippen LogP contribution in [-0.2, 0) is 4.74 Å². The first kappa shape index (κ1) is 12.9. The summed E-state index contributed by atoms with van der Waals surface area (Å²) in [7, 11) is 0. The Morgan fingerprint density at radius 3 is 3.32 bits per heavy atom. The molecule has 0 radical (unpaired) electrons. The number of nitrogens with one attached hydrogen (secondary N) is 1. The van der Waals surface area contributed by atoms with Crippen LogP contribution in [0.1, 0.15) is 32.6 Å². The molecule has 1 aromatic carbocycles. The van der Waals surface area contributed by atoms with Crippen molar-refractivity contribution in [2.75, 3.05) is 11.9 Å². The second kappa shape index (κ2) is 5.88. The summed E-state index contributed by atoms with van der Waals surface area (Å²) >= 11 is 1.70. The molecule has 1 aliphatic rings. The van der Waals surface area contributed by atoms with E-state index in [1.54, 1.807) is 11.3 Å². The van der Waals surface area contributed by atoms with E-state index >= 15 is 0 Å². The molecule has 0 bridgehead atoms. The topological polar surface area (TPSA) is 34.2 Å². The summed E-state index contributed by atoms with van der Waals surface area (Å²) in [6.07, 6.45) is 5.02. The van der Waals surface area contributed by atoms with Gasteiger partial charge in [-0.2, -0.15) is 0 Å². The van der Waals surface area contributed by atoms with Crippen LogP contribution in [0.25, 0.3) is 10.2 Å². The van der Waals surface area contributed by atoms with Crippen molar-refractivity contribution in [1.29, 1.82) is 0 Å². The number of ether oxygens (including phenoxy) is 1. The van der Waals surface area contributed by atoms with Gasteiger partial charge in [0.1, 0.15) is 0 Å². The van der Waals surface area contributed by atoms with Crippen LogP contribution in [0.5, 0.6) is 0 Å². The standard InChI is InChI=1S/C15H20N2OS/c1-2-3-13-8-12(6-7-18-13)17-11-4-5-14-15(9-11)19-10-16-14/h4-5,9-10,12-13,17H,2-3,6-8H2,1H3. The number of thiazole rings is 1. The predicted octanol–water partition coefficient (Wildman–Crippen LogP) is 4.06. The highest BCUT2D eigenvalue weighted by molar-refractivity contribution is 7.16. The molecule has 0 spiro atoms. The number of nitrogens with zero attached hydrogens (tertiary/aromatic N) is 1. The van der Waals surface area contributed by atoms with Crippen molar-refractivity contribution in [3.05, 3.63) is 23.7 Å². The normalized spacial score (nSPS) is 23.6. The molecule has 1 aliphatic heterocycles. The third-order valence-corrected chi connectivity index (χ3v) is 4.47. The molecular weight excluding hydrogens is 256 g/mol. The monoisotopic (exact) mass is 276 g/mol. The summed E-state index contributed by atoms with van der Waals surface area (Å²) in [6.45, 7) is 3.10. The molecule has 3 nitrogen and oxygen atoms in total. The Morgan fingerprint density at radius 2 is 2.42 bits per heavy atom. The van der Waals surface area contributed by atoms with Crippen LogP contribution in [0.3, 0.4) is 0 Å². The minimum atomic E-state index is 0.434. The molecule has 0 amide bonds. The van der Waals surface area contributed by atoms with Crippen LogP contribution in [-0.4, -0.2) is 23.7 Å². The molecule has 1 aromatic heterocycles. The fourth-order valence-electron chi connectivity index (χ4n) is 2.72. The van der Waals surface area contributed by atoms with Gasteiger partial charge in [-0.05, 0) is 37.5 Å². The van der Waals surface area contributed by atoms with E-state index in [0.717, 1.165) is 25.0 Å². The third kappa shape index (κ3) is 3.07. The van der Waals surface area contributed by atoms with E-state index in [9.17, 15) is 0 Å². The van der Waals surface area contributed by atoms with Crippen molar-refractivity contribution in [3.63, 3.8) is 0 Å². The number of benzene rings is 1. The van der Waals surface area contributed by atoms with E-state index in [1.165, 1.54) is 23.2 Å². The van der Waals surface area contributed by atoms with Crippen LogP contribution in [0, 0.1) is 0 Å². The first-order valence-electron chi connectivity index (χ1n) is 7.06. The third-order valence-electron chi connectivity index (χ3n) is 3.68. The van der Waals surface area contributed by atoms with Gasteiger partial charge >= 0.3 is 0 Å². The van der Waals surface area contributed by atoms with E-state index in [-0.39, 0.29) is 0 Å². The first-order chi connectivity index (χ1) is 9.35. The highest BCUT2D eigenvalue weighted by Gasteiger charge is 2.21. The Hall–Kier alpha value is -1.13. The Labute approximate surface area is 118 Å². The van der Waals surface area contributed by atoms with E-state index in [2.05, 4.69) is 35.4 Å². The molecule has 102 valence electrons. The molecule has 2 atom stereocenters. The lowest BCUT2D eigenvalue weighted by atomic mass is 10.00. The van der Waals surface area contributed by atoms with Gasteiger partial charge in [0.25, 0.3) is 0 Å². The molecule has 1 N–H and O–H groups in total. The highest BCUT2D eigenvalue weighted by Crippen LogP contribution is 2.25. The lowest BCUT2D eigenvalue weighted by molar-refractivity contribution is 0.00598. The number of hydrogen-bond acceptors (Lipinski definition) is 4. The van der Waals surface area contributed by atoms with E-state index in [0.29, 0.717) is 12.1 Å². The summed E-state index contributed by atoms with van der Waals surface area (Å²) in [6, 6.07) is 6.97. The highest BCUT2D eigenvalue weighted by atomic mass is 32.1. The Kier molecular flexibility index (Phi) is 3.99. The molecule has 0 saturated carbocycles. The molecule has 3 rings (SSSR count). The zero-order chi connectivity index (χ0) is 13.1. The number of hydrogen-bond donors (Lipinski definition) is 1. The molecule has 2 unspecified atom stereocenters.